The fraction of sp³-hybridized carbons (Fsp3) is 1.00. The minimum Gasteiger partial charge on any atom is -0.412 e. The second-order valence-electron chi connectivity index (χ2n) is 5.01. The van der Waals surface area contributed by atoms with Crippen LogP contribution in [0.25, 0.3) is 0 Å². The van der Waals surface area contributed by atoms with Gasteiger partial charge in [0.05, 0.1) is 0 Å². The zero-order valence-corrected chi connectivity index (χ0v) is 16.2. The minimum atomic E-state index is -4.69. The Bertz CT molecular complexity index is 487. The van der Waals surface area contributed by atoms with Crippen molar-refractivity contribution >= 4 is 30.4 Å². The molecule has 25 heavy (non-hydrogen) atoms. The van der Waals surface area contributed by atoms with E-state index in [1.165, 1.54) is 0 Å². The molecule has 0 atom stereocenters. The standard InChI is InChI=1S/C6H20N2O12P4.H2O/c9-21(10,11)3-7(4-22(12,13)14)1-2-8(5-23(15,16)17)6-24(18,19)20;/h1-6H2,(H2,9,10,11)(H2,12,13,14)(H2,15,16,17)(H2,18,19,20);1H2. The van der Waals surface area contributed by atoms with Crippen LogP contribution in [0.1, 0.15) is 0 Å². The molecule has 15 nitrogen and oxygen atoms in total. The van der Waals surface area contributed by atoms with Crippen LogP contribution in [0.3, 0.4) is 0 Å². The Hall–Kier alpha value is 0.480. The van der Waals surface area contributed by atoms with Crippen LogP contribution in [-0.2, 0) is 18.3 Å². The molecule has 0 saturated carbocycles. The monoisotopic (exact) mass is 454 g/mol. The summed E-state index contributed by atoms with van der Waals surface area (Å²) >= 11 is 0. The van der Waals surface area contributed by atoms with Gasteiger partial charge in [-0.2, -0.15) is 0 Å². The normalized spacial score (nSPS) is 14.0. The molecule has 0 saturated heterocycles. The van der Waals surface area contributed by atoms with Gasteiger partial charge in [-0.15, -0.1) is 0 Å². The van der Waals surface area contributed by atoms with Crippen molar-refractivity contribution in [1.29, 1.82) is 0 Å². The van der Waals surface area contributed by atoms with Gasteiger partial charge in [-0.3, -0.25) is 28.1 Å². The summed E-state index contributed by atoms with van der Waals surface area (Å²) < 4.78 is 43.9. The van der Waals surface area contributed by atoms with E-state index in [4.69, 9.17) is 39.1 Å². The van der Waals surface area contributed by atoms with E-state index in [1.807, 2.05) is 0 Å². The average Bonchev–Trinajstić information content (AvgIpc) is 2.16. The van der Waals surface area contributed by atoms with Gasteiger partial charge in [-0.05, 0) is 0 Å². The van der Waals surface area contributed by atoms with E-state index in [-0.39, 0.29) is 5.48 Å². The van der Waals surface area contributed by atoms with Gasteiger partial charge >= 0.3 is 30.4 Å². The van der Waals surface area contributed by atoms with Gasteiger partial charge in [0, 0.05) is 13.1 Å². The second kappa shape index (κ2) is 10.1. The molecule has 0 bridgehead atoms. The number of hydrogen-bond donors (Lipinski definition) is 8. The zero-order valence-electron chi connectivity index (χ0n) is 12.6. The Morgan fingerprint density at radius 1 is 0.480 bits per heavy atom. The number of hydrogen-bond acceptors (Lipinski definition) is 6. The Kier molecular flexibility index (Phi) is 11.2. The summed E-state index contributed by atoms with van der Waals surface area (Å²) in [6.07, 6.45) is -4.18. The molecule has 0 radical (unpaired) electrons. The van der Waals surface area contributed by atoms with Gasteiger partial charge in [0.2, 0.25) is 0 Å². The molecule has 0 aliphatic heterocycles. The molecule has 0 amide bonds. The van der Waals surface area contributed by atoms with E-state index >= 15 is 0 Å². The highest BCUT2D eigenvalue weighted by molar-refractivity contribution is 7.53. The molecule has 0 aromatic carbocycles. The van der Waals surface area contributed by atoms with Gasteiger partial charge in [-0.25, -0.2) is 0 Å². The van der Waals surface area contributed by atoms with E-state index < -0.39 is 68.6 Å². The molecule has 19 heteroatoms. The SMILES string of the molecule is O.O=P(O)(O)CN(CCN(CP(=O)(O)O)CP(=O)(O)O)CP(=O)(O)O. The first-order valence-corrected chi connectivity index (χ1v) is 13.2. The average molecular weight is 454 g/mol. The molecule has 0 unspecified atom stereocenters. The maximum absolute atomic E-state index is 11.0. The molecule has 0 aromatic rings. The van der Waals surface area contributed by atoms with Crippen molar-refractivity contribution in [2.75, 3.05) is 38.2 Å². The predicted octanol–water partition coefficient (Wildman–Crippen LogP) is -2.69. The summed E-state index contributed by atoms with van der Waals surface area (Å²) in [6.45, 7) is -1.01. The maximum Gasteiger partial charge on any atom is 0.339 e. The summed E-state index contributed by atoms with van der Waals surface area (Å²) in [4.78, 5) is 72.3. The lowest BCUT2D eigenvalue weighted by Gasteiger charge is -2.28. The molecule has 10 N–H and O–H groups in total. The highest BCUT2D eigenvalue weighted by Gasteiger charge is 2.29. The first kappa shape index (κ1) is 27.7. The Morgan fingerprint density at radius 3 is 0.760 bits per heavy atom. The third kappa shape index (κ3) is 19.1. The Labute approximate surface area is 142 Å². The van der Waals surface area contributed by atoms with Gasteiger partial charge in [0.25, 0.3) is 0 Å². The van der Waals surface area contributed by atoms with E-state index in [0.29, 0.717) is 9.80 Å². The van der Waals surface area contributed by atoms with Crippen LogP contribution in [0, 0.1) is 0 Å². The molecule has 0 aliphatic rings. The van der Waals surface area contributed by atoms with Crippen LogP contribution in [0.4, 0.5) is 0 Å². The Balaban J connectivity index is 0. The van der Waals surface area contributed by atoms with Crippen molar-refractivity contribution in [3.8, 4) is 0 Å². The van der Waals surface area contributed by atoms with Crippen molar-refractivity contribution in [1.82, 2.24) is 9.80 Å². The lowest BCUT2D eigenvalue weighted by atomic mass is 10.5. The van der Waals surface area contributed by atoms with Crippen LogP contribution < -0.4 is 0 Å². The fourth-order valence-electron chi connectivity index (χ4n) is 1.70. The third-order valence-electron chi connectivity index (χ3n) is 2.27. The molecule has 154 valence electrons. The van der Waals surface area contributed by atoms with Gasteiger partial charge < -0.3 is 44.6 Å². The summed E-state index contributed by atoms with van der Waals surface area (Å²) in [7, 11) is -18.8. The lowest BCUT2D eigenvalue weighted by Crippen LogP contribution is -2.37. The van der Waals surface area contributed by atoms with E-state index in [0.717, 1.165) is 0 Å². The summed E-state index contributed by atoms with van der Waals surface area (Å²) in [5.41, 5.74) is 0. The van der Waals surface area contributed by atoms with E-state index in [9.17, 15) is 18.3 Å². The van der Waals surface area contributed by atoms with Crippen molar-refractivity contribution in [3.05, 3.63) is 0 Å². The van der Waals surface area contributed by atoms with Crippen LogP contribution in [0.15, 0.2) is 0 Å². The fourth-order valence-corrected chi connectivity index (χ4v) is 5.06. The van der Waals surface area contributed by atoms with Crippen molar-refractivity contribution in [2.45, 2.75) is 0 Å². The first-order chi connectivity index (χ1) is 10.4. The summed E-state index contributed by atoms with van der Waals surface area (Å²) in [6, 6.07) is 0. The maximum atomic E-state index is 11.0. The van der Waals surface area contributed by atoms with E-state index in [2.05, 4.69) is 0 Å². The zero-order chi connectivity index (χ0) is 19.4. The topological polar surface area (TPSA) is 268 Å². The van der Waals surface area contributed by atoms with Crippen LogP contribution in [0.5, 0.6) is 0 Å². The summed E-state index contributed by atoms with van der Waals surface area (Å²) in [5.74, 6) is 0. The molecular formula is C6H22N2O13P4. The molecule has 0 aromatic heterocycles. The predicted molar refractivity (Wildman–Crippen MR) is 84.7 cm³/mol. The van der Waals surface area contributed by atoms with Crippen LogP contribution in [0.2, 0.25) is 0 Å². The molecule has 0 rings (SSSR count). The van der Waals surface area contributed by atoms with Crippen molar-refractivity contribution in [2.24, 2.45) is 0 Å². The highest BCUT2D eigenvalue weighted by atomic mass is 31.2. The largest absolute Gasteiger partial charge is 0.412 e. The first-order valence-electron chi connectivity index (χ1n) is 5.99. The lowest BCUT2D eigenvalue weighted by molar-refractivity contribution is 0.226. The number of rotatable bonds is 11. The van der Waals surface area contributed by atoms with Crippen LogP contribution >= 0.6 is 30.4 Å². The summed E-state index contributed by atoms with van der Waals surface area (Å²) in [5, 5.41) is 0. The quantitative estimate of drug-likeness (QED) is 0.148. The van der Waals surface area contributed by atoms with Crippen molar-refractivity contribution < 1.29 is 62.9 Å². The Morgan fingerprint density at radius 2 is 0.640 bits per heavy atom. The van der Waals surface area contributed by atoms with Crippen LogP contribution in [-0.4, -0.2) is 92.7 Å². The van der Waals surface area contributed by atoms with Gasteiger partial charge in [0.1, 0.15) is 25.1 Å². The molecule has 0 heterocycles. The van der Waals surface area contributed by atoms with Crippen molar-refractivity contribution in [3.63, 3.8) is 0 Å². The number of nitrogens with zero attached hydrogens (tertiary/aromatic N) is 2. The van der Waals surface area contributed by atoms with Gasteiger partial charge in [-0.1, -0.05) is 0 Å². The third-order valence-corrected chi connectivity index (χ3v) is 5.34. The smallest absolute Gasteiger partial charge is 0.339 e. The van der Waals surface area contributed by atoms with Gasteiger partial charge in [0.15, 0.2) is 0 Å². The second-order valence-corrected chi connectivity index (χ2v) is 11.5. The minimum absolute atomic E-state index is 0. The molecule has 0 aliphatic carbocycles. The highest BCUT2D eigenvalue weighted by Crippen LogP contribution is 2.42. The van der Waals surface area contributed by atoms with E-state index in [1.54, 1.807) is 0 Å². The molecule has 0 fully saturated rings. The molecule has 0 spiro atoms. The molecular weight excluding hydrogens is 432 g/mol.